The van der Waals surface area contributed by atoms with Gasteiger partial charge in [0.1, 0.15) is 0 Å². The van der Waals surface area contributed by atoms with E-state index < -0.39 is 0 Å². The molecule has 2 heterocycles. The Kier molecular flexibility index (Phi) is 3.88. The van der Waals surface area contributed by atoms with Gasteiger partial charge < -0.3 is 5.32 Å². The Balaban J connectivity index is 2.25. The fraction of sp³-hybridized carbons (Fsp3) is 0.308. The number of aromatic nitrogens is 4. The Morgan fingerprint density at radius 2 is 1.90 bits per heavy atom. The van der Waals surface area contributed by atoms with Crippen molar-refractivity contribution in [3.8, 4) is 0 Å². The molecule has 2 aromatic heterocycles. The van der Waals surface area contributed by atoms with Crippen molar-refractivity contribution in [3.05, 3.63) is 34.9 Å². The first-order chi connectivity index (χ1) is 9.51. The highest BCUT2D eigenvalue weighted by molar-refractivity contribution is 6.07. The SMILES string of the molecule is CNc1cc(C)ncc1C(=O)Nc1nnc(C)c(C)n1. The van der Waals surface area contributed by atoms with Gasteiger partial charge in [-0.1, -0.05) is 0 Å². The molecule has 0 fully saturated rings. The van der Waals surface area contributed by atoms with Crippen LogP contribution in [-0.4, -0.2) is 33.1 Å². The van der Waals surface area contributed by atoms with Crippen LogP contribution in [0.4, 0.5) is 11.6 Å². The maximum atomic E-state index is 12.2. The Bertz CT molecular complexity index is 655. The smallest absolute Gasteiger partial charge is 0.261 e. The zero-order valence-corrected chi connectivity index (χ0v) is 11.9. The molecule has 0 atom stereocenters. The summed E-state index contributed by atoms with van der Waals surface area (Å²) in [4.78, 5) is 20.5. The van der Waals surface area contributed by atoms with Crippen molar-refractivity contribution in [1.82, 2.24) is 20.2 Å². The largest absolute Gasteiger partial charge is 0.387 e. The summed E-state index contributed by atoms with van der Waals surface area (Å²) >= 11 is 0. The van der Waals surface area contributed by atoms with Gasteiger partial charge >= 0.3 is 0 Å². The molecule has 0 saturated heterocycles. The van der Waals surface area contributed by atoms with Crippen LogP contribution in [-0.2, 0) is 0 Å². The minimum absolute atomic E-state index is 0.181. The molecule has 0 aliphatic rings. The fourth-order valence-corrected chi connectivity index (χ4v) is 1.63. The molecule has 0 aromatic carbocycles. The number of nitrogens with one attached hydrogen (secondary N) is 2. The van der Waals surface area contributed by atoms with E-state index in [9.17, 15) is 4.79 Å². The van der Waals surface area contributed by atoms with Crippen molar-refractivity contribution in [2.45, 2.75) is 20.8 Å². The third-order valence-electron chi connectivity index (χ3n) is 2.87. The number of hydrogen-bond donors (Lipinski definition) is 2. The predicted molar refractivity (Wildman–Crippen MR) is 75.8 cm³/mol. The van der Waals surface area contributed by atoms with Crippen LogP contribution in [0.1, 0.15) is 27.4 Å². The summed E-state index contributed by atoms with van der Waals surface area (Å²) in [5, 5.41) is 13.4. The van der Waals surface area contributed by atoms with Crippen LogP contribution in [0, 0.1) is 20.8 Å². The van der Waals surface area contributed by atoms with Crippen molar-refractivity contribution in [1.29, 1.82) is 0 Å². The van der Waals surface area contributed by atoms with Gasteiger partial charge in [0.15, 0.2) is 0 Å². The third kappa shape index (κ3) is 2.87. The molecule has 0 radical (unpaired) electrons. The van der Waals surface area contributed by atoms with Gasteiger partial charge in [0.05, 0.1) is 22.6 Å². The molecule has 0 saturated carbocycles. The maximum Gasteiger partial charge on any atom is 0.261 e. The highest BCUT2D eigenvalue weighted by Crippen LogP contribution is 2.16. The van der Waals surface area contributed by atoms with E-state index in [-0.39, 0.29) is 11.9 Å². The van der Waals surface area contributed by atoms with Crippen LogP contribution in [0.2, 0.25) is 0 Å². The average molecular weight is 272 g/mol. The molecule has 0 spiro atoms. The van der Waals surface area contributed by atoms with Gasteiger partial charge in [-0.15, -0.1) is 5.10 Å². The molecule has 0 unspecified atom stereocenters. The summed E-state index contributed by atoms with van der Waals surface area (Å²) in [5.74, 6) is -0.146. The van der Waals surface area contributed by atoms with Crippen LogP contribution in [0.5, 0.6) is 0 Å². The molecule has 7 heteroatoms. The minimum atomic E-state index is -0.327. The van der Waals surface area contributed by atoms with Crippen LogP contribution in [0.25, 0.3) is 0 Å². The summed E-state index contributed by atoms with van der Waals surface area (Å²) in [6.45, 7) is 5.48. The van der Waals surface area contributed by atoms with Gasteiger partial charge in [-0.05, 0) is 26.8 Å². The molecule has 2 aromatic rings. The number of nitrogens with zero attached hydrogens (tertiary/aromatic N) is 4. The van der Waals surface area contributed by atoms with E-state index in [2.05, 4.69) is 30.8 Å². The lowest BCUT2D eigenvalue weighted by Gasteiger charge is -2.09. The summed E-state index contributed by atoms with van der Waals surface area (Å²) in [7, 11) is 1.75. The van der Waals surface area contributed by atoms with E-state index in [1.165, 1.54) is 6.20 Å². The van der Waals surface area contributed by atoms with Crippen LogP contribution < -0.4 is 10.6 Å². The number of carbonyl (C=O) groups excluding carboxylic acids is 1. The van der Waals surface area contributed by atoms with Crippen molar-refractivity contribution < 1.29 is 4.79 Å². The molecular formula is C13H16N6O. The molecular weight excluding hydrogens is 256 g/mol. The molecule has 2 N–H and O–H groups in total. The van der Waals surface area contributed by atoms with Crippen molar-refractivity contribution in [2.24, 2.45) is 0 Å². The van der Waals surface area contributed by atoms with E-state index >= 15 is 0 Å². The molecule has 2 rings (SSSR count). The Hall–Kier alpha value is -2.57. The van der Waals surface area contributed by atoms with Crippen LogP contribution in [0.15, 0.2) is 12.3 Å². The molecule has 7 nitrogen and oxygen atoms in total. The second-order valence-corrected chi connectivity index (χ2v) is 4.38. The molecule has 0 aliphatic carbocycles. The van der Waals surface area contributed by atoms with E-state index in [4.69, 9.17) is 0 Å². The Morgan fingerprint density at radius 3 is 2.55 bits per heavy atom. The van der Waals surface area contributed by atoms with Crippen LogP contribution in [0.3, 0.4) is 0 Å². The first-order valence-corrected chi connectivity index (χ1v) is 6.15. The van der Waals surface area contributed by atoms with Gasteiger partial charge in [-0.25, -0.2) is 4.98 Å². The van der Waals surface area contributed by atoms with E-state index in [0.29, 0.717) is 11.3 Å². The number of anilines is 2. The lowest BCUT2D eigenvalue weighted by atomic mass is 10.2. The summed E-state index contributed by atoms with van der Waals surface area (Å²) in [6, 6.07) is 1.80. The molecule has 1 amide bonds. The molecule has 104 valence electrons. The highest BCUT2D eigenvalue weighted by atomic mass is 16.1. The summed E-state index contributed by atoms with van der Waals surface area (Å²) in [6.07, 6.45) is 1.52. The summed E-state index contributed by atoms with van der Waals surface area (Å²) in [5.41, 5.74) is 3.42. The lowest BCUT2D eigenvalue weighted by molar-refractivity contribution is 0.102. The van der Waals surface area contributed by atoms with Gasteiger partial charge in [0, 0.05) is 18.9 Å². The van der Waals surface area contributed by atoms with Gasteiger partial charge in [0.25, 0.3) is 5.91 Å². The van der Waals surface area contributed by atoms with Gasteiger partial charge in [-0.2, -0.15) is 5.10 Å². The second-order valence-electron chi connectivity index (χ2n) is 4.38. The van der Waals surface area contributed by atoms with Gasteiger partial charge in [0.2, 0.25) is 5.95 Å². The number of amides is 1. The zero-order valence-electron chi connectivity index (χ0n) is 11.9. The quantitative estimate of drug-likeness (QED) is 0.879. The number of rotatable bonds is 3. The third-order valence-corrected chi connectivity index (χ3v) is 2.87. The minimum Gasteiger partial charge on any atom is -0.387 e. The fourth-order valence-electron chi connectivity index (χ4n) is 1.63. The average Bonchev–Trinajstić information content (AvgIpc) is 2.42. The van der Waals surface area contributed by atoms with Crippen molar-refractivity contribution >= 4 is 17.5 Å². The molecule has 20 heavy (non-hydrogen) atoms. The first-order valence-electron chi connectivity index (χ1n) is 6.15. The topological polar surface area (TPSA) is 92.7 Å². The molecule has 0 bridgehead atoms. The van der Waals surface area contributed by atoms with Crippen molar-refractivity contribution in [2.75, 3.05) is 17.7 Å². The van der Waals surface area contributed by atoms with E-state index in [1.807, 2.05) is 20.8 Å². The normalized spacial score (nSPS) is 10.2. The predicted octanol–water partition coefficient (Wildman–Crippen LogP) is 1.49. The standard InChI is InChI=1S/C13H16N6O/c1-7-5-11(14-4)10(6-15-7)12(20)17-13-16-8(2)9(3)18-19-13/h5-6H,1-4H3,(H,14,15)(H,16,17,19,20). The molecule has 0 aliphatic heterocycles. The van der Waals surface area contributed by atoms with Crippen molar-refractivity contribution in [3.63, 3.8) is 0 Å². The number of carbonyl (C=O) groups is 1. The van der Waals surface area contributed by atoms with E-state index in [0.717, 1.165) is 17.1 Å². The number of pyridine rings is 1. The highest BCUT2D eigenvalue weighted by Gasteiger charge is 2.13. The van der Waals surface area contributed by atoms with Crippen LogP contribution >= 0.6 is 0 Å². The maximum absolute atomic E-state index is 12.2. The van der Waals surface area contributed by atoms with E-state index in [1.54, 1.807) is 13.1 Å². The first kappa shape index (κ1) is 13.9. The lowest BCUT2D eigenvalue weighted by Crippen LogP contribution is -2.17. The zero-order chi connectivity index (χ0) is 14.7. The number of aryl methyl sites for hydroxylation is 3. The number of hydrogen-bond acceptors (Lipinski definition) is 6. The second kappa shape index (κ2) is 5.60. The van der Waals surface area contributed by atoms with Gasteiger partial charge in [-0.3, -0.25) is 15.1 Å². The summed E-state index contributed by atoms with van der Waals surface area (Å²) < 4.78 is 0. The Morgan fingerprint density at radius 1 is 1.15 bits per heavy atom. The monoisotopic (exact) mass is 272 g/mol. The Labute approximate surface area is 116 Å².